The summed E-state index contributed by atoms with van der Waals surface area (Å²) < 4.78 is 5.29. The van der Waals surface area contributed by atoms with Crippen molar-refractivity contribution in [2.75, 3.05) is 19.7 Å². The van der Waals surface area contributed by atoms with Crippen LogP contribution in [0.2, 0.25) is 0 Å². The molecule has 0 aromatic heterocycles. The maximum absolute atomic E-state index is 12.9. The Morgan fingerprint density at radius 2 is 1.93 bits per heavy atom. The standard InChI is InChI=1S/C24H34N2O4/c1-5-7-8-9-13-25-21(27)16-26-18(4)23(24(29)30-6-2)20(15-22(26)28)19-12-10-11-17(3)14-19/h10-12,14,20H,5-9,13,15-16H2,1-4H3,(H,25,27). The van der Waals surface area contributed by atoms with E-state index in [-0.39, 0.29) is 37.3 Å². The second-order valence-electron chi connectivity index (χ2n) is 7.78. The molecule has 0 bridgehead atoms. The number of carbonyl (C=O) groups excluding carboxylic acids is 3. The predicted molar refractivity (Wildman–Crippen MR) is 117 cm³/mol. The van der Waals surface area contributed by atoms with E-state index >= 15 is 0 Å². The molecule has 164 valence electrons. The van der Waals surface area contributed by atoms with Crippen LogP contribution in [0, 0.1) is 6.92 Å². The zero-order valence-electron chi connectivity index (χ0n) is 18.6. The largest absolute Gasteiger partial charge is 0.463 e. The lowest BCUT2D eigenvalue weighted by Gasteiger charge is -2.34. The fourth-order valence-electron chi connectivity index (χ4n) is 3.83. The van der Waals surface area contributed by atoms with Crippen LogP contribution in [-0.4, -0.2) is 42.4 Å². The summed E-state index contributed by atoms with van der Waals surface area (Å²) in [7, 11) is 0. The quantitative estimate of drug-likeness (QED) is 0.466. The van der Waals surface area contributed by atoms with E-state index in [2.05, 4.69) is 12.2 Å². The highest BCUT2D eigenvalue weighted by Gasteiger charge is 2.37. The lowest BCUT2D eigenvalue weighted by atomic mass is 9.83. The van der Waals surface area contributed by atoms with Crippen LogP contribution in [0.25, 0.3) is 0 Å². The summed E-state index contributed by atoms with van der Waals surface area (Å²) in [6.07, 6.45) is 4.42. The smallest absolute Gasteiger partial charge is 0.336 e. The van der Waals surface area contributed by atoms with Crippen LogP contribution in [0.5, 0.6) is 0 Å². The van der Waals surface area contributed by atoms with E-state index < -0.39 is 5.97 Å². The number of nitrogens with zero attached hydrogens (tertiary/aromatic N) is 1. The third kappa shape index (κ3) is 6.18. The van der Waals surface area contributed by atoms with Crippen molar-refractivity contribution < 1.29 is 19.1 Å². The van der Waals surface area contributed by atoms with E-state index in [4.69, 9.17) is 4.74 Å². The van der Waals surface area contributed by atoms with Gasteiger partial charge in [0.2, 0.25) is 11.8 Å². The van der Waals surface area contributed by atoms with E-state index in [9.17, 15) is 14.4 Å². The first kappa shape index (κ1) is 23.6. The fourth-order valence-corrected chi connectivity index (χ4v) is 3.83. The molecule has 1 aliphatic heterocycles. The molecule has 6 nitrogen and oxygen atoms in total. The molecule has 0 spiro atoms. The van der Waals surface area contributed by atoms with Crippen LogP contribution in [0.4, 0.5) is 0 Å². The van der Waals surface area contributed by atoms with Crippen LogP contribution in [0.3, 0.4) is 0 Å². The van der Waals surface area contributed by atoms with Crippen LogP contribution in [-0.2, 0) is 19.1 Å². The molecule has 0 saturated heterocycles. The van der Waals surface area contributed by atoms with Gasteiger partial charge in [-0.15, -0.1) is 0 Å². The van der Waals surface area contributed by atoms with Gasteiger partial charge in [-0.05, 0) is 32.8 Å². The first-order chi connectivity index (χ1) is 14.4. The Balaban J connectivity index is 2.22. The number of hydrogen-bond donors (Lipinski definition) is 1. The second-order valence-corrected chi connectivity index (χ2v) is 7.78. The lowest BCUT2D eigenvalue weighted by Crippen LogP contribution is -2.44. The maximum atomic E-state index is 12.9. The van der Waals surface area contributed by atoms with Gasteiger partial charge in [-0.1, -0.05) is 56.0 Å². The van der Waals surface area contributed by atoms with Crippen LogP contribution in [0.15, 0.2) is 35.5 Å². The summed E-state index contributed by atoms with van der Waals surface area (Å²) in [5.41, 5.74) is 2.92. The normalized spacial score (nSPS) is 16.6. The van der Waals surface area contributed by atoms with Gasteiger partial charge in [0.05, 0.1) is 12.2 Å². The zero-order chi connectivity index (χ0) is 22.1. The van der Waals surface area contributed by atoms with Gasteiger partial charge in [0.1, 0.15) is 6.54 Å². The van der Waals surface area contributed by atoms with Crippen molar-refractivity contribution in [3.63, 3.8) is 0 Å². The van der Waals surface area contributed by atoms with Gasteiger partial charge in [0.25, 0.3) is 0 Å². The first-order valence-electron chi connectivity index (χ1n) is 10.9. The number of carbonyl (C=O) groups is 3. The van der Waals surface area contributed by atoms with Gasteiger partial charge in [0.15, 0.2) is 0 Å². The molecule has 1 unspecified atom stereocenters. The highest BCUT2D eigenvalue weighted by atomic mass is 16.5. The van der Waals surface area contributed by atoms with Gasteiger partial charge in [-0.3, -0.25) is 9.59 Å². The van der Waals surface area contributed by atoms with Gasteiger partial charge in [0, 0.05) is 24.6 Å². The summed E-state index contributed by atoms with van der Waals surface area (Å²) in [6, 6.07) is 7.82. The molecule has 30 heavy (non-hydrogen) atoms. The molecular formula is C24H34N2O4. The molecule has 1 aromatic rings. The third-order valence-electron chi connectivity index (χ3n) is 5.42. The topological polar surface area (TPSA) is 75.7 Å². The van der Waals surface area contributed by atoms with E-state index in [0.29, 0.717) is 17.8 Å². The maximum Gasteiger partial charge on any atom is 0.336 e. The minimum Gasteiger partial charge on any atom is -0.463 e. The Bertz CT molecular complexity index is 800. The molecular weight excluding hydrogens is 380 g/mol. The first-order valence-corrected chi connectivity index (χ1v) is 10.9. The molecule has 0 fully saturated rings. The molecule has 1 heterocycles. The number of unbranched alkanes of at least 4 members (excludes halogenated alkanes) is 3. The highest BCUT2D eigenvalue weighted by Crippen LogP contribution is 2.37. The lowest BCUT2D eigenvalue weighted by molar-refractivity contribution is -0.141. The van der Waals surface area contributed by atoms with Crippen molar-refractivity contribution in [1.82, 2.24) is 10.2 Å². The number of rotatable bonds is 10. The predicted octanol–water partition coefficient (Wildman–Crippen LogP) is 3.84. The van der Waals surface area contributed by atoms with Crippen molar-refractivity contribution in [3.05, 3.63) is 46.7 Å². The summed E-state index contributed by atoms with van der Waals surface area (Å²) in [5.74, 6) is -1.17. The Morgan fingerprint density at radius 1 is 1.17 bits per heavy atom. The number of benzene rings is 1. The fraction of sp³-hybridized carbons (Fsp3) is 0.542. The van der Waals surface area contributed by atoms with Crippen molar-refractivity contribution >= 4 is 17.8 Å². The molecule has 0 radical (unpaired) electrons. The van der Waals surface area contributed by atoms with Crippen LogP contribution < -0.4 is 5.32 Å². The number of nitrogens with one attached hydrogen (secondary N) is 1. The average Bonchev–Trinajstić information content (AvgIpc) is 2.70. The molecule has 1 N–H and O–H groups in total. The molecule has 2 rings (SSSR count). The Kier molecular flexibility index (Phi) is 9.09. The van der Waals surface area contributed by atoms with E-state index in [1.165, 1.54) is 4.90 Å². The summed E-state index contributed by atoms with van der Waals surface area (Å²) in [6.45, 7) is 8.37. The minimum absolute atomic E-state index is 0.0815. The number of allylic oxidation sites excluding steroid dienone is 1. The van der Waals surface area contributed by atoms with E-state index in [0.717, 1.165) is 36.8 Å². The van der Waals surface area contributed by atoms with Crippen molar-refractivity contribution in [2.24, 2.45) is 0 Å². The zero-order valence-corrected chi connectivity index (χ0v) is 18.6. The molecule has 1 atom stereocenters. The number of esters is 1. The van der Waals surface area contributed by atoms with Gasteiger partial charge in [-0.25, -0.2) is 4.79 Å². The second kappa shape index (κ2) is 11.5. The third-order valence-corrected chi connectivity index (χ3v) is 5.42. The molecule has 6 heteroatoms. The van der Waals surface area contributed by atoms with E-state index in [1.807, 2.05) is 31.2 Å². The van der Waals surface area contributed by atoms with Crippen molar-refractivity contribution in [1.29, 1.82) is 0 Å². The Labute approximate surface area is 179 Å². The molecule has 0 saturated carbocycles. The van der Waals surface area contributed by atoms with E-state index in [1.54, 1.807) is 13.8 Å². The van der Waals surface area contributed by atoms with Crippen molar-refractivity contribution in [3.8, 4) is 0 Å². The number of aryl methyl sites for hydroxylation is 1. The number of ether oxygens (including phenoxy) is 1. The average molecular weight is 415 g/mol. The Hall–Kier alpha value is -2.63. The van der Waals surface area contributed by atoms with Crippen LogP contribution in [0.1, 0.15) is 69.9 Å². The van der Waals surface area contributed by atoms with Crippen molar-refractivity contribution in [2.45, 2.75) is 65.7 Å². The van der Waals surface area contributed by atoms with Gasteiger partial charge < -0.3 is 15.0 Å². The van der Waals surface area contributed by atoms with Crippen LogP contribution >= 0.6 is 0 Å². The summed E-state index contributed by atoms with van der Waals surface area (Å²) in [5, 5.41) is 2.88. The molecule has 2 amide bonds. The molecule has 1 aliphatic rings. The minimum atomic E-state index is -0.432. The number of amides is 2. The number of hydrogen-bond acceptors (Lipinski definition) is 4. The highest BCUT2D eigenvalue weighted by molar-refractivity contribution is 5.97. The summed E-state index contributed by atoms with van der Waals surface area (Å²) >= 11 is 0. The summed E-state index contributed by atoms with van der Waals surface area (Å²) in [4.78, 5) is 39.5. The molecule has 0 aliphatic carbocycles. The van der Waals surface area contributed by atoms with Gasteiger partial charge >= 0.3 is 5.97 Å². The SMILES string of the molecule is CCCCCCNC(=O)CN1C(=O)CC(c2cccc(C)c2)C(C(=O)OCC)=C1C. The molecule has 1 aromatic carbocycles. The Morgan fingerprint density at radius 3 is 2.60 bits per heavy atom. The monoisotopic (exact) mass is 414 g/mol. The van der Waals surface area contributed by atoms with Gasteiger partial charge in [-0.2, -0.15) is 0 Å².